The molecule has 0 aliphatic carbocycles. The van der Waals surface area contributed by atoms with Crippen LogP contribution in [0, 0.1) is 0 Å². The van der Waals surface area contributed by atoms with Gasteiger partial charge in [-0.05, 0) is 46.7 Å². The molecule has 0 atom stereocenters. The summed E-state index contributed by atoms with van der Waals surface area (Å²) in [5.41, 5.74) is 5.18. The Kier molecular flexibility index (Phi) is 6.07. The minimum atomic E-state index is -0.317. The highest BCUT2D eigenvalue weighted by Gasteiger charge is 2.12. The van der Waals surface area contributed by atoms with Gasteiger partial charge in [-0.15, -0.1) is 0 Å². The summed E-state index contributed by atoms with van der Waals surface area (Å²) in [5, 5.41) is 5.98. The number of hydrogen-bond donors (Lipinski definition) is 1. The first-order valence-electron chi connectivity index (χ1n) is 8.93. The molecule has 1 amide bonds. The van der Waals surface area contributed by atoms with Crippen LogP contribution in [-0.4, -0.2) is 33.3 Å². The number of hydrogen-bond acceptors (Lipinski definition) is 4. The van der Waals surface area contributed by atoms with Crippen molar-refractivity contribution in [3.05, 3.63) is 77.9 Å². The van der Waals surface area contributed by atoms with Crippen molar-refractivity contribution in [1.82, 2.24) is 5.43 Å². The fourth-order valence-corrected chi connectivity index (χ4v) is 2.80. The van der Waals surface area contributed by atoms with E-state index in [-0.39, 0.29) is 5.91 Å². The van der Waals surface area contributed by atoms with Crippen LogP contribution >= 0.6 is 0 Å². The Morgan fingerprint density at radius 3 is 2.36 bits per heavy atom. The summed E-state index contributed by atoms with van der Waals surface area (Å²) in [6, 6.07) is 19.6. The standard InChI is InChI=1S/C23H23N3O2/c1-26(2)20-12-10-17(11-13-20)7-6-14-24-25-23(27)21-15-18-8-4-5-9-19(18)16-22(21)28-3/h4-16H,1-3H3,(H,25,27)/b7-6+,24-14-. The molecular formula is C23H23N3O2. The van der Waals surface area contributed by atoms with Gasteiger partial charge in [-0.3, -0.25) is 4.79 Å². The summed E-state index contributed by atoms with van der Waals surface area (Å²) in [5.74, 6) is 0.200. The second-order valence-electron chi connectivity index (χ2n) is 6.46. The third-order valence-electron chi connectivity index (χ3n) is 4.34. The Morgan fingerprint density at radius 2 is 1.71 bits per heavy atom. The van der Waals surface area contributed by atoms with Gasteiger partial charge in [0.25, 0.3) is 5.91 Å². The van der Waals surface area contributed by atoms with E-state index < -0.39 is 0 Å². The minimum Gasteiger partial charge on any atom is -0.496 e. The Labute approximate surface area is 164 Å². The van der Waals surface area contributed by atoms with Crippen LogP contribution < -0.4 is 15.1 Å². The van der Waals surface area contributed by atoms with E-state index in [1.165, 1.54) is 0 Å². The Morgan fingerprint density at radius 1 is 1.04 bits per heavy atom. The smallest absolute Gasteiger partial charge is 0.275 e. The van der Waals surface area contributed by atoms with E-state index >= 15 is 0 Å². The molecule has 0 unspecified atom stereocenters. The van der Waals surface area contributed by atoms with Gasteiger partial charge in [-0.2, -0.15) is 5.10 Å². The molecule has 0 radical (unpaired) electrons. The number of carbonyl (C=O) groups excluding carboxylic acids is 1. The van der Waals surface area contributed by atoms with Crippen LogP contribution in [0.3, 0.4) is 0 Å². The molecule has 3 aromatic rings. The molecule has 0 spiro atoms. The molecule has 0 bridgehead atoms. The van der Waals surface area contributed by atoms with Gasteiger partial charge >= 0.3 is 0 Å². The second-order valence-corrected chi connectivity index (χ2v) is 6.46. The highest BCUT2D eigenvalue weighted by Crippen LogP contribution is 2.25. The van der Waals surface area contributed by atoms with Crippen LogP contribution in [0.2, 0.25) is 0 Å². The lowest BCUT2D eigenvalue weighted by molar-refractivity contribution is 0.0952. The van der Waals surface area contributed by atoms with E-state index in [0.717, 1.165) is 22.0 Å². The van der Waals surface area contributed by atoms with Crippen molar-refractivity contribution in [1.29, 1.82) is 0 Å². The summed E-state index contributed by atoms with van der Waals surface area (Å²) >= 11 is 0. The monoisotopic (exact) mass is 373 g/mol. The van der Waals surface area contributed by atoms with E-state index in [1.54, 1.807) is 25.5 Å². The highest BCUT2D eigenvalue weighted by atomic mass is 16.5. The normalized spacial score (nSPS) is 11.2. The van der Waals surface area contributed by atoms with Crippen LogP contribution in [0.4, 0.5) is 5.69 Å². The van der Waals surface area contributed by atoms with Crippen molar-refractivity contribution in [2.24, 2.45) is 5.10 Å². The van der Waals surface area contributed by atoms with E-state index in [0.29, 0.717) is 11.3 Å². The molecular weight excluding hydrogens is 350 g/mol. The summed E-state index contributed by atoms with van der Waals surface area (Å²) < 4.78 is 5.36. The molecule has 3 aromatic carbocycles. The second kappa shape index (κ2) is 8.86. The molecule has 0 saturated heterocycles. The van der Waals surface area contributed by atoms with Crippen LogP contribution in [0.15, 0.2) is 71.8 Å². The maximum absolute atomic E-state index is 12.5. The largest absolute Gasteiger partial charge is 0.496 e. The van der Waals surface area contributed by atoms with Crippen molar-refractivity contribution in [2.75, 3.05) is 26.1 Å². The van der Waals surface area contributed by atoms with Gasteiger partial charge in [0.1, 0.15) is 5.75 Å². The lowest BCUT2D eigenvalue weighted by Gasteiger charge is -2.11. The summed E-state index contributed by atoms with van der Waals surface area (Å²) in [6.07, 6.45) is 5.25. The van der Waals surface area contributed by atoms with E-state index in [9.17, 15) is 4.79 Å². The average Bonchev–Trinajstić information content (AvgIpc) is 2.72. The molecule has 5 heteroatoms. The molecule has 0 fully saturated rings. The number of hydrazone groups is 1. The van der Waals surface area contributed by atoms with Crippen molar-refractivity contribution < 1.29 is 9.53 Å². The zero-order chi connectivity index (χ0) is 19.9. The molecule has 1 N–H and O–H groups in total. The number of rotatable bonds is 6. The minimum absolute atomic E-state index is 0.317. The molecule has 0 heterocycles. The number of methoxy groups -OCH3 is 1. The molecule has 0 saturated carbocycles. The van der Waals surface area contributed by atoms with Crippen molar-refractivity contribution in [3.8, 4) is 5.75 Å². The van der Waals surface area contributed by atoms with Crippen molar-refractivity contribution in [2.45, 2.75) is 0 Å². The van der Waals surface area contributed by atoms with Gasteiger partial charge in [0.15, 0.2) is 0 Å². The first-order valence-corrected chi connectivity index (χ1v) is 8.93. The van der Waals surface area contributed by atoms with Gasteiger partial charge in [0, 0.05) is 26.0 Å². The maximum atomic E-state index is 12.5. The van der Waals surface area contributed by atoms with Crippen LogP contribution in [0.25, 0.3) is 16.8 Å². The number of ether oxygens (including phenoxy) is 1. The SMILES string of the molecule is COc1cc2ccccc2cc1C(=O)N/N=C\C=C\c1ccc(N(C)C)cc1. The van der Waals surface area contributed by atoms with Gasteiger partial charge in [0.05, 0.1) is 12.7 Å². The number of amides is 1. The van der Waals surface area contributed by atoms with Crippen molar-refractivity contribution >= 4 is 34.7 Å². The number of nitrogens with zero attached hydrogens (tertiary/aromatic N) is 2. The van der Waals surface area contributed by atoms with Crippen molar-refractivity contribution in [3.63, 3.8) is 0 Å². The first kappa shape index (κ1) is 19.2. The number of nitrogens with one attached hydrogen (secondary N) is 1. The third kappa shape index (κ3) is 4.57. The Bertz CT molecular complexity index is 1020. The zero-order valence-electron chi connectivity index (χ0n) is 16.2. The fourth-order valence-electron chi connectivity index (χ4n) is 2.80. The van der Waals surface area contributed by atoms with Gasteiger partial charge < -0.3 is 9.64 Å². The summed E-state index contributed by atoms with van der Waals surface area (Å²) in [4.78, 5) is 14.5. The van der Waals surface area contributed by atoms with Gasteiger partial charge in [-0.25, -0.2) is 5.43 Å². The average molecular weight is 373 g/mol. The van der Waals surface area contributed by atoms with Crippen LogP contribution in [-0.2, 0) is 0 Å². The summed E-state index contributed by atoms with van der Waals surface area (Å²) in [6.45, 7) is 0. The molecule has 5 nitrogen and oxygen atoms in total. The molecule has 28 heavy (non-hydrogen) atoms. The topological polar surface area (TPSA) is 53.9 Å². The van der Waals surface area contributed by atoms with Crippen LogP contribution in [0.1, 0.15) is 15.9 Å². The quantitative estimate of drug-likeness (QED) is 0.516. The highest BCUT2D eigenvalue weighted by molar-refractivity contribution is 6.01. The zero-order valence-corrected chi connectivity index (χ0v) is 16.2. The Balaban J connectivity index is 1.65. The molecule has 0 aromatic heterocycles. The lowest BCUT2D eigenvalue weighted by atomic mass is 10.1. The van der Waals surface area contributed by atoms with Gasteiger partial charge in [0.2, 0.25) is 0 Å². The molecule has 0 aliphatic rings. The third-order valence-corrected chi connectivity index (χ3v) is 4.34. The maximum Gasteiger partial charge on any atom is 0.275 e. The first-order chi connectivity index (χ1) is 13.6. The van der Waals surface area contributed by atoms with E-state index in [2.05, 4.69) is 10.5 Å². The lowest BCUT2D eigenvalue weighted by Crippen LogP contribution is -2.18. The molecule has 3 rings (SSSR count). The number of anilines is 1. The van der Waals surface area contributed by atoms with Gasteiger partial charge in [-0.1, -0.05) is 42.5 Å². The number of carbonyl (C=O) groups is 1. The predicted molar refractivity (Wildman–Crippen MR) is 116 cm³/mol. The predicted octanol–water partition coefficient (Wildman–Crippen LogP) is 4.34. The number of fused-ring (bicyclic) bond motifs is 1. The number of allylic oxidation sites excluding steroid dienone is 1. The van der Waals surface area contributed by atoms with Crippen LogP contribution in [0.5, 0.6) is 5.75 Å². The van der Waals surface area contributed by atoms with E-state index in [4.69, 9.17) is 4.74 Å². The number of benzene rings is 3. The molecule has 0 aliphatic heterocycles. The molecule has 142 valence electrons. The fraction of sp³-hybridized carbons (Fsp3) is 0.130. The van der Waals surface area contributed by atoms with E-state index in [1.807, 2.05) is 79.7 Å². The summed E-state index contributed by atoms with van der Waals surface area (Å²) in [7, 11) is 5.56. The Hall–Kier alpha value is -3.60.